The maximum Gasteiger partial charge on any atom is -0.147 e. The second-order valence-electron chi connectivity index (χ2n) is 10.1. The number of aryl methyl sites for hydroxylation is 1. The van der Waals surface area contributed by atoms with Crippen molar-refractivity contribution in [2.45, 2.75) is 59.0 Å². The Labute approximate surface area is 202 Å². The molecule has 2 aliphatic carbocycles. The number of benzene rings is 1. The van der Waals surface area contributed by atoms with Crippen molar-refractivity contribution in [2.24, 2.45) is 0 Å². The summed E-state index contributed by atoms with van der Waals surface area (Å²) in [5, 5.41) is 5.16. The van der Waals surface area contributed by atoms with Crippen molar-refractivity contribution in [1.29, 1.82) is 0 Å². The summed E-state index contributed by atoms with van der Waals surface area (Å²) in [5.74, 6) is 0. The Morgan fingerprint density at radius 3 is 1.59 bits per heavy atom. The molecule has 0 radical (unpaired) electrons. The normalized spacial score (nSPS) is 16.7. The molecule has 0 bridgehead atoms. The van der Waals surface area contributed by atoms with Gasteiger partial charge < -0.3 is 0 Å². The van der Waals surface area contributed by atoms with Gasteiger partial charge in [0.05, 0.1) is 0 Å². The van der Waals surface area contributed by atoms with E-state index >= 15 is 0 Å². The number of hydrogen-bond acceptors (Lipinski definition) is 0. The third kappa shape index (κ3) is 6.89. The molecular weight excluding hydrogens is 523 g/mol. The van der Waals surface area contributed by atoms with E-state index in [9.17, 15) is 0 Å². The molecule has 159 valence electrons. The Balaban J connectivity index is 0.00000210. The van der Waals surface area contributed by atoms with Gasteiger partial charge in [0.25, 0.3) is 0 Å². The fourth-order valence-electron chi connectivity index (χ4n) is 3.95. The van der Waals surface area contributed by atoms with Crippen molar-refractivity contribution < 1.29 is 20.9 Å². The van der Waals surface area contributed by atoms with E-state index in [1.54, 1.807) is 15.6 Å². The predicted molar refractivity (Wildman–Crippen MR) is 142 cm³/mol. The first-order valence-electron chi connectivity index (χ1n) is 10.3. The summed E-state index contributed by atoms with van der Waals surface area (Å²) in [5.41, 5.74) is 1.54. The van der Waals surface area contributed by atoms with E-state index in [1.807, 2.05) is 6.56 Å². The van der Waals surface area contributed by atoms with Crippen LogP contribution in [0.5, 0.6) is 0 Å². The molecule has 0 fully saturated rings. The average molecular weight is 560 g/mol. The molecule has 6 heteroatoms. The predicted octanol–water partition coefficient (Wildman–Crippen LogP) is 6.35. The van der Waals surface area contributed by atoms with Crippen LogP contribution < -0.4 is 5.19 Å². The maximum atomic E-state index is 2.69. The van der Waals surface area contributed by atoms with E-state index in [2.05, 4.69) is 94.8 Å². The average Bonchev–Trinajstić information content (AvgIpc) is 3.23. The Morgan fingerprint density at radius 2 is 1.21 bits per heavy atom. The van der Waals surface area contributed by atoms with Crippen molar-refractivity contribution >= 4 is 52.8 Å². The van der Waals surface area contributed by atoms with Crippen LogP contribution in [-0.2, 0) is 20.9 Å². The van der Waals surface area contributed by atoms with Gasteiger partial charge in [-0.15, -0.1) is 24.8 Å². The second-order valence-corrected chi connectivity index (χ2v) is 33.7. The van der Waals surface area contributed by atoms with Crippen LogP contribution in [-0.4, -0.2) is 22.8 Å². The molecule has 0 atom stereocenters. The summed E-state index contributed by atoms with van der Waals surface area (Å²) in [4.78, 5) is 0. The zero-order valence-electron chi connectivity index (χ0n) is 19.1. The van der Waals surface area contributed by atoms with Crippen LogP contribution >= 0.6 is 24.8 Å². The Hall–Kier alpha value is 0.294. The minimum atomic E-state index is -1.72. The molecule has 0 saturated heterocycles. The standard InChI is InChI=1S/2C8H13Si.C7H9Si.2ClH.Zr/c2*1-9(2,3)8-6-4-5-7-8;1-6-4-2-3-5-7(6)8;;;/h2*6-7H,4H2,1-3H3;2-5H,8H2,1H3;2*1H;. The summed E-state index contributed by atoms with van der Waals surface area (Å²) < 4.78 is 3.81. The van der Waals surface area contributed by atoms with Crippen molar-refractivity contribution in [3.05, 3.63) is 71.1 Å². The zero-order valence-corrected chi connectivity index (χ0v) is 26.6. The maximum absolute atomic E-state index is 2.69. The minimum Gasteiger partial charge on any atom is -0.147 e. The fourth-order valence-corrected chi connectivity index (χ4v) is 25.1. The Bertz CT molecular complexity index is 808. The first kappa shape index (κ1) is 27.3. The molecular formula is C23H37Cl2Si3Zr. The molecule has 3 rings (SSSR count). The van der Waals surface area contributed by atoms with Crippen LogP contribution in [0.2, 0.25) is 39.3 Å². The van der Waals surface area contributed by atoms with Gasteiger partial charge in [0.15, 0.2) is 0 Å². The molecule has 0 N–H and O–H groups in total. The molecule has 0 unspecified atom stereocenters. The first-order chi connectivity index (χ1) is 12.6. The van der Waals surface area contributed by atoms with Crippen LogP contribution in [0.4, 0.5) is 0 Å². The molecule has 0 aliphatic heterocycles. The molecule has 0 saturated carbocycles. The Kier molecular flexibility index (Phi) is 10.1. The quantitative estimate of drug-likeness (QED) is 0.357. The van der Waals surface area contributed by atoms with Crippen LogP contribution in [0.15, 0.2) is 65.5 Å². The molecule has 2 aliphatic rings. The van der Waals surface area contributed by atoms with E-state index in [0.717, 1.165) is 0 Å². The van der Waals surface area contributed by atoms with Crippen molar-refractivity contribution in [2.75, 3.05) is 0 Å². The largest absolute Gasteiger partial charge is 0.147 e. The van der Waals surface area contributed by atoms with Gasteiger partial charge in [-0.1, -0.05) is 0 Å². The molecule has 1 aromatic rings. The summed E-state index contributed by atoms with van der Waals surface area (Å²) in [6.07, 6.45) is 13.1. The van der Waals surface area contributed by atoms with Gasteiger partial charge in [-0.2, -0.15) is 0 Å². The Morgan fingerprint density at radius 1 is 0.759 bits per heavy atom. The molecule has 29 heavy (non-hydrogen) atoms. The third-order valence-corrected chi connectivity index (χ3v) is 27.9. The van der Waals surface area contributed by atoms with Crippen molar-refractivity contribution in [3.8, 4) is 0 Å². The van der Waals surface area contributed by atoms with Crippen LogP contribution in [0.3, 0.4) is 0 Å². The topological polar surface area (TPSA) is 0 Å². The fraction of sp³-hybridized carbons (Fsp3) is 0.391. The monoisotopic (exact) mass is 557 g/mol. The zero-order chi connectivity index (χ0) is 19.8. The molecule has 1 aromatic carbocycles. The summed E-state index contributed by atoms with van der Waals surface area (Å²) >= 11 is -1.72. The number of hydrogen-bond donors (Lipinski definition) is 0. The van der Waals surface area contributed by atoms with Gasteiger partial charge in [0.1, 0.15) is 0 Å². The van der Waals surface area contributed by atoms with Crippen LogP contribution in [0.25, 0.3) is 0 Å². The summed E-state index contributed by atoms with van der Waals surface area (Å²) in [7, 11) is -2.38. The molecule has 0 aromatic heterocycles. The van der Waals surface area contributed by atoms with E-state index in [1.165, 1.54) is 18.4 Å². The molecule has 0 heterocycles. The first-order valence-corrected chi connectivity index (χ1v) is 26.4. The SMILES string of the molecule is Cc1ccccc1[SiH2][Zr]([C]1=CC([Si](C)(C)C)=CC1)[C]1=CC([Si](C)(C)C)=CC1.Cl.Cl. The second kappa shape index (κ2) is 10.7. The van der Waals surface area contributed by atoms with Gasteiger partial charge in [0.2, 0.25) is 0 Å². The number of allylic oxidation sites excluding steroid dienone is 8. The number of halogens is 2. The van der Waals surface area contributed by atoms with E-state index in [-0.39, 0.29) is 31.5 Å². The third-order valence-electron chi connectivity index (χ3n) is 5.88. The van der Waals surface area contributed by atoms with Gasteiger partial charge in [0, 0.05) is 0 Å². The van der Waals surface area contributed by atoms with E-state index in [4.69, 9.17) is 0 Å². The van der Waals surface area contributed by atoms with E-state index in [0.29, 0.717) is 0 Å². The summed E-state index contributed by atoms with van der Waals surface area (Å²) in [6.45, 7) is 17.1. The number of rotatable bonds is 6. The molecule has 0 spiro atoms. The van der Waals surface area contributed by atoms with Crippen LogP contribution in [0.1, 0.15) is 18.4 Å². The van der Waals surface area contributed by atoms with Gasteiger partial charge in [-0.3, -0.25) is 0 Å². The van der Waals surface area contributed by atoms with Crippen molar-refractivity contribution in [3.63, 3.8) is 0 Å². The minimum absolute atomic E-state index is 0. The van der Waals surface area contributed by atoms with Crippen LogP contribution in [0, 0.1) is 6.92 Å². The van der Waals surface area contributed by atoms with Gasteiger partial charge >= 0.3 is 179 Å². The van der Waals surface area contributed by atoms with Crippen molar-refractivity contribution in [1.82, 2.24) is 0 Å². The van der Waals surface area contributed by atoms with Gasteiger partial charge in [-0.05, 0) is 0 Å². The smallest absolute Gasteiger partial charge is 0.147 e. The summed E-state index contributed by atoms with van der Waals surface area (Å²) in [6, 6.07) is 9.23. The van der Waals surface area contributed by atoms with E-state index < -0.39 is 37.1 Å². The molecule has 0 amide bonds. The van der Waals surface area contributed by atoms with Gasteiger partial charge in [-0.25, -0.2) is 0 Å². The molecule has 0 nitrogen and oxygen atoms in total.